The first-order chi connectivity index (χ1) is 10.2. The highest BCUT2D eigenvalue weighted by Gasteiger charge is 2.17. The normalized spacial score (nSPS) is 13.6. The first kappa shape index (κ1) is 21.7. The molecule has 1 aromatic rings. The fourth-order valence-corrected chi connectivity index (χ4v) is 2.47. The van der Waals surface area contributed by atoms with Crippen LogP contribution in [0.2, 0.25) is 0 Å². The molecular weight excluding hydrogens is 340 g/mol. The fraction of sp³-hybridized carbons (Fsp3) is 0.533. The second kappa shape index (κ2) is 9.75. The van der Waals surface area contributed by atoms with E-state index in [9.17, 15) is 13.2 Å². The predicted molar refractivity (Wildman–Crippen MR) is 93.8 cm³/mol. The molecule has 0 aliphatic heterocycles. The van der Waals surface area contributed by atoms with Gasteiger partial charge in [-0.1, -0.05) is 12.1 Å². The Bertz CT molecular complexity index is 607. The lowest BCUT2D eigenvalue weighted by Gasteiger charge is -2.18. The molecule has 8 heteroatoms. The zero-order valence-corrected chi connectivity index (χ0v) is 15.2. The van der Waals surface area contributed by atoms with Crippen LogP contribution in [0.4, 0.5) is 0 Å². The van der Waals surface area contributed by atoms with E-state index >= 15 is 0 Å². The summed E-state index contributed by atoms with van der Waals surface area (Å²) in [7, 11) is -3.12. The minimum absolute atomic E-state index is 0. The maximum atomic E-state index is 11.8. The smallest absolute Gasteiger partial charge is 0.237 e. The monoisotopic (exact) mass is 364 g/mol. The van der Waals surface area contributed by atoms with Gasteiger partial charge in [0.05, 0.1) is 17.8 Å². The van der Waals surface area contributed by atoms with Crippen LogP contribution in [0.5, 0.6) is 5.75 Å². The molecule has 0 fully saturated rings. The number of carbonyl (C=O) groups is 1. The van der Waals surface area contributed by atoms with Crippen LogP contribution in [0, 0.1) is 6.92 Å². The molecule has 132 valence electrons. The average molecular weight is 365 g/mol. The van der Waals surface area contributed by atoms with Crippen LogP contribution in [0.3, 0.4) is 0 Å². The highest BCUT2D eigenvalue weighted by atomic mass is 35.5. The molecular formula is C15H25ClN2O4S. The van der Waals surface area contributed by atoms with Crippen LogP contribution in [-0.2, 0) is 14.6 Å². The topological polar surface area (TPSA) is 98.5 Å². The quantitative estimate of drug-likeness (QED) is 0.718. The number of aryl methyl sites for hydroxylation is 1. The third-order valence-electron chi connectivity index (χ3n) is 3.01. The summed E-state index contributed by atoms with van der Waals surface area (Å²) in [5.41, 5.74) is 6.78. The molecule has 0 aliphatic rings. The van der Waals surface area contributed by atoms with E-state index in [4.69, 9.17) is 10.5 Å². The van der Waals surface area contributed by atoms with Gasteiger partial charge < -0.3 is 15.8 Å². The summed E-state index contributed by atoms with van der Waals surface area (Å²) < 4.78 is 27.7. The molecule has 3 N–H and O–H groups in total. The molecule has 6 nitrogen and oxygen atoms in total. The summed E-state index contributed by atoms with van der Waals surface area (Å²) >= 11 is 0. The lowest BCUT2D eigenvalue weighted by atomic mass is 10.2. The predicted octanol–water partition coefficient (Wildman–Crippen LogP) is 1.06. The van der Waals surface area contributed by atoms with E-state index in [0.717, 1.165) is 17.6 Å². The van der Waals surface area contributed by atoms with E-state index < -0.39 is 15.9 Å². The van der Waals surface area contributed by atoms with Crippen molar-refractivity contribution >= 4 is 28.2 Å². The number of nitrogens with two attached hydrogens (primary N) is 1. The Labute approximate surface area is 144 Å². The summed E-state index contributed by atoms with van der Waals surface area (Å²) in [6, 6.07) is 6.56. The second-order valence-corrected chi connectivity index (χ2v) is 7.82. The van der Waals surface area contributed by atoms with Gasteiger partial charge in [-0.3, -0.25) is 4.79 Å². The van der Waals surface area contributed by atoms with Crippen molar-refractivity contribution in [3.63, 3.8) is 0 Å². The SMILES string of the molecule is Cc1cccc(OCC(C)NC(=O)C(N)CCS(C)(=O)=O)c1.Cl. The first-order valence-electron chi connectivity index (χ1n) is 7.10. The average Bonchev–Trinajstić information content (AvgIpc) is 2.41. The van der Waals surface area contributed by atoms with Crippen LogP contribution in [0.25, 0.3) is 0 Å². The number of hydrogen-bond donors (Lipinski definition) is 2. The molecule has 0 radical (unpaired) electrons. The first-order valence-corrected chi connectivity index (χ1v) is 9.16. The van der Waals surface area contributed by atoms with Gasteiger partial charge in [0.1, 0.15) is 22.2 Å². The number of ether oxygens (including phenoxy) is 1. The van der Waals surface area contributed by atoms with Gasteiger partial charge in [0.2, 0.25) is 5.91 Å². The van der Waals surface area contributed by atoms with Gasteiger partial charge in [-0.15, -0.1) is 12.4 Å². The third kappa shape index (κ3) is 9.43. The van der Waals surface area contributed by atoms with Gasteiger partial charge in [-0.25, -0.2) is 8.42 Å². The third-order valence-corrected chi connectivity index (χ3v) is 3.99. The van der Waals surface area contributed by atoms with Crippen molar-refractivity contribution < 1.29 is 17.9 Å². The molecule has 0 bridgehead atoms. The van der Waals surface area contributed by atoms with Crippen LogP contribution < -0.4 is 15.8 Å². The number of halogens is 1. The van der Waals surface area contributed by atoms with Gasteiger partial charge in [-0.2, -0.15) is 0 Å². The molecule has 0 saturated heterocycles. The standard InChI is InChI=1S/C15H24N2O4S.ClH/c1-11-5-4-6-13(9-11)21-10-12(2)17-15(18)14(16)7-8-22(3,19)20;/h4-6,9,12,14H,7-8,10,16H2,1-3H3,(H,17,18);1H. The van der Waals surface area contributed by atoms with E-state index in [2.05, 4.69) is 5.32 Å². The zero-order chi connectivity index (χ0) is 16.8. The number of nitrogens with one attached hydrogen (secondary N) is 1. The second-order valence-electron chi connectivity index (χ2n) is 5.56. The highest BCUT2D eigenvalue weighted by molar-refractivity contribution is 7.90. The Hall–Kier alpha value is -1.31. The van der Waals surface area contributed by atoms with Crippen molar-refractivity contribution in [2.45, 2.75) is 32.4 Å². The van der Waals surface area contributed by atoms with E-state index in [0.29, 0.717) is 6.61 Å². The van der Waals surface area contributed by atoms with Gasteiger partial charge in [0, 0.05) is 6.26 Å². The summed E-state index contributed by atoms with van der Waals surface area (Å²) in [4.78, 5) is 11.8. The number of amides is 1. The van der Waals surface area contributed by atoms with Crippen LogP contribution in [0.15, 0.2) is 24.3 Å². The minimum atomic E-state index is -3.12. The Morgan fingerprint density at radius 1 is 1.39 bits per heavy atom. The number of sulfone groups is 1. The van der Waals surface area contributed by atoms with Gasteiger partial charge in [0.15, 0.2) is 0 Å². The van der Waals surface area contributed by atoms with Crippen molar-refractivity contribution in [2.24, 2.45) is 5.73 Å². The summed E-state index contributed by atoms with van der Waals surface area (Å²) in [6.45, 7) is 4.09. The molecule has 1 amide bonds. The molecule has 2 atom stereocenters. The Morgan fingerprint density at radius 2 is 2.04 bits per heavy atom. The molecule has 0 heterocycles. The maximum absolute atomic E-state index is 11.8. The van der Waals surface area contributed by atoms with Crippen molar-refractivity contribution in [2.75, 3.05) is 18.6 Å². The minimum Gasteiger partial charge on any atom is -0.491 e. The lowest BCUT2D eigenvalue weighted by molar-refractivity contribution is -0.123. The van der Waals surface area contributed by atoms with Crippen molar-refractivity contribution in [1.82, 2.24) is 5.32 Å². The van der Waals surface area contributed by atoms with Crippen LogP contribution >= 0.6 is 12.4 Å². The Morgan fingerprint density at radius 3 is 2.61 bits per heavy atom. The largest absolute Gasteiger partial charge is 0.491 e. The molecule has 2 unspecified atom stereocenters. The molecule has 0 saturated carbocycles. The summed E-state index contributed by atoms with van der Waals surface area (Å²) in [6.07, 6.45) is 1.23. The van der Waals surface area contributed by atoms with Crippen LogP contribution in [0.1, 0.15) is 18.9 Å². The van der Waals surface area contributed by atoms with Crippen molar-refractivity contribution in [3.8, 4) is 5.75 Å². The number of hydrogen-bond acceptors (Lipinski definition) is 5. The molecule has 0 aliphatic carbocycles. The summed E-state index contributed by atoms with van der Waals surface area (Å²) in [5, 5.41) is 2.72. The van der Waals surface area contributed by atoms with E-state index in [1.807, 2.05) is 31.2 Å². The molecule has 0 spiro atoms. The van der Waals surface area contributed by atoms with Gasteiger partial charge >= 0.3 is 0 Å². The molecule has 0 aromatic heterocycles. The summed E-state index contributed by atoms with van der Waals surface area (Å²) in [5.74, 6) is 0.266. The van der Waals surface area contributed by atoms with Gasteiger partial charge in [-0.05, 0) is 38.0 Å². The lowest BCUT2D eigenvalue weighted by Crippen LogP contribution is -2.46. The number of rotatable bonds is 8. The van der Waals surface area contributed by atoms with Gasteiger partial charge in [0.25, 0.3) is 0 Å². The molecule has 23 heavy (non-hydrogen) atoms. The van der Waals surface area contributed by atoms with Crippen molar-refractivity contribution in [3.05, 3.63) is 29.8 Å². The highest BCUT2D eigenvalue weighted by Crippen LogP contribution is 2.12. The van der Waals surface area contributed by atoms with E-state index in [-0.39, 0.29) is 36.5 Å². The van der Waals surface area contributed by atoms with E-state index in [1.165, 1.54) is 0 Å². The Kier molecular flexibility index (Phi) is 9.19. The van der Waals surface area contributed by atoms with E-state index in [1.54, 1.807) is 6.92 Å². The van der Waals surface area contributed by atoms with Crippen LogP contribution in [-0.4, -0.2) is 45.0 Å². The van der Waals surface area contributed by atoms with Crippen molar-refractivity contribution in [1.29, 1.82) is 0 Å². The molecule has 1 rings (SSSR count). The Balaban J connectivity index is 0.00000484. The number of carbonyl (C=O) groups excluding carboxylic acids is 1. The zero-order valence-electron chi connectivity index (χ0n) is 13.6. The fourth-order valence-electron chi connectivity index (χ4n) is 1.79. The molecule has 1 aromatic carbocycles. The maximum Gasteiger partial charge on any atom is 0.237 e. The number of benzene rings is 1.